The summed E-state index contributed by atoms with van der Waals surface area (Å²) in [7, 11) is 1.30. The van der Waals surface area contributed by atoms with Crippen molar-refractivity contribution in [2.75, 3.05) is 13.7 Å². The van der Waals surface area contributed by atoms with Gasteiger partial charge in [0.25, 0.3) is 0 Å². The highest BCUT2D eigenvalue weighted by Crippen LogP contribution is 2.24. The van der Waals surface area contributed by atoms with E-state index in [9.17, 15) is 15.0 Å². The maximum absolute atomic E-state index is 11.4. The van der Waals surface area contributed by atoms with Crippen molar-refractivity contribution in [3.63, 3.8) is 0 Å². The third-order valence-electron chi connectivity index (χ3n) is 2.71. The van der Waals surface area contributed by atoms with Crippen LogP contribution in [0.2, 0.25) is 0 Å². The molecule has 0 saturated carbocycles. The average molecular weight is 302 g/mol. The number of quaternary nitrogens is 1. The number of esters is 1. The number of methoxy groups -OCH3 is 1. The highest BCUT2D eigenvalue weighted by Gasteiger charge is 2.47. The predicted octanol–water partition coefficient (Wildman–Crippen LogP) is -6.38. The van der Waals surface area contributed by atoms with Crippen LogP contribution in [-0.2, 0) is 19.0 Å². The number of hydrogen-bond acceptors (Lipinski definition) is 7. The fourth-order valence-electron chi connectivity index (χ4n) is 1.62. The number of hydrogen-bond donors (Lipinski definition) is 4. The van der Waals surface area contributed by atoms with E-state index < -0.39 is 49.3 Å². The lowest BCUT2D eigenvalue weighted by molar-refractivity contribution is -0.405. The standard InChI is InChI=1S/C10H19NO7.ClH/c1-4(11)9(15)18-8-7(14)6(13)5(3-12)17-10(8)16-2;/h4-8,10,12-14H,3,11H2,1-2H3;1H/t4-,5+,6+,7-,8+,10-;/m0./s1. The third-order valence-corrected chi connectivity index (χ3v) is 2.71. The molecule has 0 bridgehead atoms. The second-order valence-electron chi connectivity index (χ2n) is 4.24. The first-order valence-corrected chi connectivity index (χ1v) is 5.61. The Labute approximate surface area is 116 Å². The molecule has 114 valence electrons. The van der Waals surface area contributed by atoms with E-state index in [0.29, 0.717) is 0 Å². The van der Waals surface area contributed by atoms with Crippen LogP contribution in [0.15, 0.2) is 0 Å². The van der Waals surface area contributed by atoms with Crippen LogP contribution < -0.4 is 18.1 Å². The fraction of sp³-hybridized carbons (Fsp3) is 0.900. The van der Waals surface area contributed by atoms with Crippen LogP contribution in [0, 0.1) is 0 Å². The Bertz CT molecular complexity index is 289. The smallest absolute Gasteiger partial charge is 0.365 e. The summed E-state index contributed by atoms with van der Waals surface area (Å²) in [6, 6.07) is -0.623. The summed E-state index contributed by atoms with van der Waals surface area (Å²) < 4.78 is 15.1. The van der Waals surface area contributed by atoms with Gasteiger partial charge < -0.3 is 47.7 Å². The Morgan fingerprint density at radius 2 is 2.00 bits per heavy atom. The van der Waals surface area contributed by atoms with Gasteiger partial charge in [0, 0.05) is 7.11 Å². The maximum atomic E-state index is 11.4. The Morgan fingerprint density at radius 1 is 1.42 bits per heavy atom. The van der Waals surface area contributed by atoms with Crippen LogP contribution in [0.1, 0.15) is 6.92 Å². The summed E-state index contributed by atoms with van der Waals surface area (Å²) in [5, 5.41) is 28.5. The molecular formula is C10H20ClNO7. The number of carbonyl (C=O) groups excluding carboxylic acids is 1. The van der Waals surface area contributed by atoms with Crippen molar-refractivity contribution < 1.29 is 52.5 Å². The molecule has 8 nitrogen and oxygen atoms in total. The molecule has 6 N–H and O–H groups in total. The third kappa shape index (κ3) is 4.25. The molecule has 19 heavy (non-hydrogen) atoms. The fourth-order valence-corrected chi connectivity index (χ4v) is 1.62. The largest absolute Gasteiger partial charge is 1.00 e. The van der Waals surface area contributed by atoms with E-state index in [-0.39, 0.29) is 12.4 Å². The molecule has 0 unspecified atom stereocenters. The van der Waals surface area contributed by atoms with E-state index in [1.165, 1.54) is 14.0 Å². The van der Waals surface area contributed by atoms with Crippen LogP contribution in [-0.4, -0.2) is 71.8 Å². The van der Waals surface area contributed by atoms with Crippen molar-refractivity contribution in [3.8, 4) is 0 Å². The number of rotatable bonds is 4. The van der Waals surface area contributed by atoms with Crippen LogP contribution in [0.25, 0.3) is 0 Å². The van der Waals surface area contributed by atoms with Gasteiger partial charge in [0.1, 0.15) is 18.3 Å². The molecule has 0 aliphatic carbocycles. The van der Waals surface area contributed by atoms with Crippen LogP contribution in [0.3, 0.4) is 0 Å². The van der Waals surface area contributed by atoms with Crippen molar-refractivity contribution in [1.82, 2.24) is 0 Å². The van der Waals surface area contributed by atoms with Gasteiger partial charge in [0.2, 0.25) is 0 Å². The summed E-state index contributed by atoms with van der Waals surface area (Å²) in [5.74, 6) is -0.639. The van der Waals surface area contributed by atoms with Crippen molar-refractivity contribution in [1.29, 1.82) is 0 Å². The van der Waals surface area contributed by atoms with E-state index in [0.717, 1.165) is 0 Å². The minimum Gasteiger partial charge on any atom is -1.00 e. The lowest BCUT2D eigenvalue weighted by Gasteiger charge is -2.40. The van der Waals surface area contributed by atoms with Gasteiger partial charge in [-0.2, -0.15) is 0 Å². The maximum Gasteiger partial charge on any atom is 0.365 e. The molecule has 6 atom stereocenters. The number of aliphatic hydroxyl groups is 3. The van der Waals surface area contributed by atoms with Crippen LogP contribution >= 0.6 is 0 Å². The van der Waals surface area contributed by atoms with E-state index in [1.807, 2.05) is 0 Å². The highest BCUT2D eigenvalue weighted by atomic mass is 35.5. The second-order valence-corrected chi connectivity index (χ2v) is 4.24. The predicted molar refractivity (Wildman–Crippen MR) is 57.0 cm³/mol. The molecular weight excluding hydrogens is 282 g/mol. The first-order valence-electron chi connectivity index (χ1n) is 5.61. The zero-order valence-electron chi connectivity index (χ0n) is 10.7. The zero-order chi connectivity index (χ0) is 13.9. The van der Waals surface area contributed by atoms with Crippen molar-refractivity contribution >= 4 is 5.97 Å². The number of aliphatic hydroxyl groups excluding tert-OH is 3. The van der Waals surface area contributed by atoms with Crippen molar-refractivity contribution in [2.24, 2.45) is 0 Å². The van der Waals surface area contributed by atoms with Gasteiger partial charge in [-0.3, -0.25) is 0 Å². The van der Waals surface area contributed by atoms with Crippen molar-refractivity contribution in [2.45, 2.75) is 43.7 Å². The summed E-state index contributed by atoms with van der Waals surface area (Å²) in [4.78, 5) is 11.4. The molecule has 1 saturated heterocycles. The molecule has 0 amide bonds. The van der Waals surface area contributed by atoms with Gasteiger partial charge in [-0.1, -0.05) is 0 Å². The van der Waals surface area contributed by atoms with Gasteiger partial charge in [0.05, 0.1) is 6.61 Å². The molecule has 1 aliphatic rings. The minimum atomic E-state index is -1.40. The molecule has 0 aromatic rings. The first kappa shape index (κ1) is 18.5. The molecule has 0 spiro atoms. The number of ether oxygens (including phenoxy) is 3. The number of halogens is 1. The molecule has 0 radical (unpaired) electrons. The normalized spacial score (nSPS) is 36.2. The summed E-state index contributed by atoms with van der Waals surface area (Å²) in [5.41, 5.74) is 3.49. The summed E-state index contributed by atoms with van der Waals surface area (Å²) >= 11 is 0. The Morgan fingerprint density at radius 3 is 2.42 bits per heavy atom. The zero-order valence-corrected chi connectivity index (χ0v) is 11.5. The molecule has 1 rings (SSSR count). The summed E-state index contributed by atoms with van der Waals surface area (Å²) in [6.45, 7) is 1.05. The van der Waals surface area contributed by atoms with Crippen LogP contribution in [0.4, 0.5) is 0 Å². The number of carbonyl (C=O) groups is 1. The van der Waals surface area contributed by atoms with E-state index in [4.69, 9.17) is 19.3 Å². The topological polar surface area (TPSA) is 133 Å². The van der Waals surface area contributed by atoms with Crippen LogP contribution in [0.5, 0.6) is 0 Å². The SMILES string of the molecule is CO[C@H]1O[C@H](CO)[C@@H](O)[C@H](O)[C@H]1OC(=O)[C@H](C)[NH3+].[Cl-]. The summed E-state index contributed by atoms with van der Waals surface area (Å²) in [6.07, 6.45) is -5.97. The monoisotopic (exact) mass is 301 g/mol. The van der Waals surface area contributed by atoms with E-state index in [2.05, 4.69) is 5.73 Å². The molecule has 0 aromatic heterocycles. The Kier molecular flexibility index (Phi) is 7.75. The first-order chi connectivity index (χ1) is 8.42. The Hall–Kier alpha value is -0.480. The lowest BCUT2D eigenvalue weighted by Crippen LogP contribution is -3.00. The van der Waals surface area contributed by atoms with Gasteiger partial charge >= 0.3 is 5.97 Å². The second kappa shape index (κ2) is 7.95. The molecule has 1 fully saturated rings. The van der Waals surface area contributed by atoms with Gasteiger partial charge in [-0.15, -0.1) is 0 Å². The minimum absolute atomic E-state index is 0. The molecule has 0 aromatic carbocycles. The van der Waals surface area contributed by atoms with Gasteiger partial charge in [-0.25, -0.2) is 4.79 Å². The lowest BCUT2D eigenvalue weighted by atomic mass is 9.99. The van der Waals surface area contributed by atoms with Gasteiger partial charge in [0.15, 0.2) is 18.4 Å². The van der Waals surface area contributed by atoms with E-state index in [1.54, 1.807) is 0 Å². The average Bonchev–Trinajstić information content (AvgIpc) is 2.35. The van der Waals surface area contributed by atoms with E-state index >= 15 is 0 Å². The van der Waals surface area contributed by atoms with Crippen molar-refractivity contribution in [3.05, 3.63) is 0 Å². The quantitative estimate of drug-likeness (QED) is 0.380. The molecule has 1 heterocycles. The molecule has 1 aliphatic heterocycles. The molecule has 9 heteroatoms. The highest BCUT2D eigenvalue weighted by molar-refractivity contribution is 5.73. The Balaban J connectivity index is 0.00000324. The van der Waals surface area contributed by atoms with Gasteiger partial charge in [-0.05, 0) is 6.92 Å².